The Hall–Kier alpha value is -2.84. The normalized spacial score (nSPS) is 10.6. The molecular weight excluding hydrogens is 306 g/mol. The lowest BCUT2D eigenvalue weighted by atomic mass is 10.2. The molecule has 0 bridgehead atoms. The Balaban J connectivity index is 2.44. The van der Waals surface area contributed by atoms with Gasteiger partial charge in [0, 0.05) is 19.2 Å². The largest absolute Gasteiger partial charge is 0.444 e. The molecule has 0 atom stereocenters. The number of nitrogens with one attached hydrogen (secondary N) is 1. The van der Waals surface area contributed by atoms with E-state index in [4.69, 9.17) is 9.57 Å². The Labute approximate surface area is 133 Å². The summed E-state index contributed by atoms with van der Waals surface area (Å²) in [4.78, 5) is 39.4. The average molecular weight is 325 g/mol. The van der Waals surface area contributed by atoms with Crippen molar-refractivity contribution in [3.63, 3.8) is 0 Å². The van der Waals surface area contributed by atoms with Gasteiger partial charge in [-0.15, -0.1) is 0 Å². The molecule has 0 saturated heterocycles. The highest BCUT2D eigenvalue weighted by Crippen LogP contribution is 2.16. The highest BCUT2D eigenvalue weighted by atomic mass is 16.7. The molecular formula is C14H19N3O6. The Morgan fingerprint density at radius 3 is 2.30 bits per heavy atom. The zero-order valence-corrected chi connectivity index (χ0v) is 13.4. The van der Waals surface area contributed by atoms with Crippen molar-refractivity contribution in [2.45, 2.75) is 26.4 Å². The number of hydrogen-bond acceptors (Lipinski definition) is 6. The third-order valence-electron chi connectivity index (χ3n) is 2.42. The predicted molar refractivity (Wildman–Crippen MR) is 80.7 cm³/mol. The van der Waals surface area contributed by atoms with E-state index >= 15 is 0 Å². The minimum atomic E-state index is -0.656. The first-order chi connectivity index (χ1) is 10.6. The van der Waals surface area contributed by atoms with Crippen LogP contribution in [0.4, 0.5) is 10.5 Å². The van der Waals surface area contributed by atoms with Crippen LogP contribution in [0, 0.1) is 10.1 Å². The number of benzene rings is 1. The summed E-state index contributed by atoms with van der Waals surface area (Å²) in [7, 11) is 1.42. The maximum absolute atomic E-state index is 11.7. The first kappa shape index (κ1) is 18.2. The van der Waals surface area contributed by atoms with Crippen LogP contribution in [0.2, 0.25) is 0 Å². The van der Waals surface area contributed by atoms with E-state index in [2.05, 4.69) is 5.48 Å². The maximum Gasteiger partial charge on any atom is 0.410 e. The molecule has 23 heavy (non-hydrogen) atoms. The van der Waals surface area contributed by atoms with Crippen LogP contribution in [-0.2, 0) is 9.53 Å². The van der Waals surface area contributed by atoms with Gasteiger partial charge in [-0.3, -0.25) is 14.9 Å². The van der Waals surface area contributed by atoms with Gasteiger partial charge in [0.25, 0.3) is 11.6 Å². The molecule has 0 heterocycles. The molecule has 1 aromatic rings. The highest BCUT2D eigenvalue weighted by Gasteiger charge is 2.21. The number of rotatable bonds is 5. The summed E-state index contributed by atoms with van der Waals surface area (Å²) in [6, 6.07) is 5.18. The number of nitro benzene ring substituents is 1. The standard InChI is InChI=1S/C14H19N3O6/c1-14(2,3)22-13(19)16(4)9-12(18)15-23-11-7-5-10(6-8-11)17(20)21/h5-8H,9H2,1-4H3,(H,15,18). The number of non-ortho nitro benzene ring substituents is 1. The van der Waals surface area contributed by atoms with Crippen LogP contribution in [-0.4, -0.2) is 41.0 Å². The number of hydrogen-bond donors (Lipinski definition) is 1. The van der Waals surface area contributed by atoms with Gasteiger partial charge in [-0.1, -0.05) is 0 Å². The zero-order valence-electron chi connectivity index (χ0n) is 13.4. The van der Waals surface area contributed by atoms with Crippen molar-refractivity contribution in [1.82, 2.24) is 10.4 Å². The summed E-state index contributed by atoms with van der Waals surface area (Å²) in [6.07, 6.45) is -0.636. The SMILES string of the molecule is CN(CC(=O)NOc1ccc([N+](=O)[O-])cc1)C(=O)OC(C)(C)C. The highest BCUT2D eigenvalue weighted by molar-refractivity contribution is 5.81. The Morgan fingerprint density at radius 1 is 1.26 bits per heavy atom. The summed E-state index contributed by atoms with van der Waals surface area (Å²) >= 11 is 0. The van der Waals surface area contributed by atoms with Crippen LogP contribution in [0.5, 0.6) is 5.75 Å². The van der Waals surface area contributed by atoms with Gasteiger partial charge in [-0.2, -0.15) is 5.48 Å². The number of carbonyl (C=O) groups is 2. The van der Waals surface area contributed by atoms with Crippen LogP contribution >= 0.6 is 0 Å². The third-order valence-corrected chi connectivity index (χ3v) is 2.42. The predicted octanol–water partition coefficient (Wildman–Crippen LogP) is 1.87. The van der Waals surface area contributed by atoms with Gasteiger partial charge in [0.15, 0.2) is 5.75 Å². The van der Waals surface area contributed by atoms with E-state index in [0.29, 0.717) is 0 Å². The van der Waals surface area contributed by atoms with Gasteiger partial charge < -0.3 is 14.5 Å². The molecule has 0 aliphatic rings. The van der Waals surface area contributed by atoms with E-state index in [1.165, 1.54) is 31.3 Å². The van der Waals surface area contributed by atoms with Gasteiger partial charge in [-0.25, -0.2) is 4.79 Å². The Kier molecular flexibility index (Phi) is 5.88. The van der Waals surface area contributed by atoms with Gasteiger partial charge >= 0.3 is 6.09 Å². The fraction of sp³-hybridized carbons (Fsp3) is 0.429. The van der Waals surface area contributed by atoms with Crippen LogP contribution in [0.3, 0.4) is 0 Å². The van der Waals surface area contributed by atoms with Crippen molar-refractivity contribution in [3.05, 3.63) is 34.4 Å². The van der Waals surface area contributed by atoms with E-state index < -0.39 is 22.5 Å². The second-order valence-electron chi connectivity index (χ2n) is 5.71. The van der Waals surface area contributed by atoms with Gasteiger partial charge in [0.05, 0.1) is 4.92 Å². The van der Waals surface area contributed by atoms with Crippen molar-refractivity contribution in [2.75, 3.05) is 13.6 Å². The summed E-state index contributed by atoms with van der Waals surface area (Å²) in [5.41, 5.74) is 1.39. The summed E-state index contributed by atoms with van der Waals surface area (Å²) in [5, 5.41) is 10.5. The minimum Gasteiger partial charge on any atom is -0.444 e. The molecule has 0 saturated carbocycles. The van der Waals surface area contributed by atoms with Crippen molar-refractivity contribution in [1.29, 1.82) is 0 Å². The molecule has 0 aliphatic carbocycles. The molecule has 2 amide bonds. The molecule has 9 heteroatoms. The number of likely N-dealkylation sites (N-methyl/N-ethyl adjacent to an activating group) is 1. The van der Waals surface area contributed by atoms with E-state index in [9.17, 15) is 19.7 Å². The summed E-state index contributed by atoms with van der Waals surface area (Å²) < 4.78 is 5.10. The molecule has 1 rings (SSSR count). The van der Waals surface area contributed by atoms with E-state index in [-0.39, 0.29) is 18.0 Å². The number of amides is 2. The number of carbonyl (C=O) groups excluding carboxylic acids is 2. The first-order valence-corrected chi connectivity index (χ1v) is 6.73. The molecule has 0 radical (unpaired) electrons. The monoisotopic (exact) mass is 325 g/mol. The van der Waals surface area contributed by atoms with Crippen molar-refractivity contribution in [3.8, 4) is 5.75 Å². The first-order valence-electron chi connectivity index (χ1n) is 6.73. The van der Waals surface area contributed by atoms with Gasteiger partial charge in [-0.05, 0) is 32.9 Å². The van der Waals surface area contributed by atoms with Crippen LogP contribution in [0.1, 0.15) is 20.8 Å². The summed E-state index contributed by atoms with van der Waals surface area (Å²) in [6.45, 7) is 4.89. The molecule has 126 valence electrons. The van der Waals surface area contributed by atoms with Crippen LogP contribution < -0.4 is 10.3 Å². The maximum atomic E-state index is 11.7. The number of ether oxygens (including phenoxy) is 1. The Bertz CT molecular complexity index is 579. The molecule has 0 fully saturated rings. The lowest BCUT2D eigenvalue weighted by Crippen LogP contribution is -2.41. The van der Waals surface area contributed by atoms with Crippen LogP contribution in [0.25, 0.3) is 0 Å². The molecule has 0 unspecified atom stereocenters. The van der Waals surface area contributed by atoms with Crippen LogP contribution in [0.15, 0.2) is 24.3 Å². The number of nitrogens with zero attached hydrogens (tertiary/aromatic N) is 2. The summed E-state index contributed by atoms with van der Waals surface area (Å²) in [5.74, 6) is -0.347. The Morgan fingerprint density at radius 2 is 1.83 bits per heavy atom. The molecule has 1 N–H and O–H groups in total. The van der Waals surface area contributed by atoms with E-state index in [1.54, 1.807) is 20.8 Å². The second kappa shape index (κ2) is 7.43. The third kappa shape index (κ3) is 6.64. The smallest absolute Gasteiger partial charge is 0.410 e. The lowest BCUT2D eigenvalue weighted by molar-refractivity contribution is -0.384. The molecule has 0 aromatic heterocycles. The lowest BCUT2D eigenvalue weighted by Gasteiger charge is -2.24. The molecule has 0 spiro atoms. The van der Waals surface area contributed by atoms with E-state index in [0.717, 1.165) is 4.90 Å². The number of nitro groups is 1. The fourth-order valence-corrected chi connectivity index (χ4v) is 1.40. The van der Waals surface area contributed by atoms with Crippen molar-refractivity contribution >= 4 is 17.7 Å². The topological polar surface area (TPSA) is 111 Å². The van der Waals surface area contributed by atoms with Gasteiger partial charge in [0.1, 0.15) is 12.1 Å². The van der Waals surface area contributed by atoms with Crippen molar-refractivity contribution < 1.29 is 24.1 Å². The fourth-order valence-electron chi connectivity index (χ4n) is 1.40. The average Bonchev–Trinajstić information content (AvgIpc) is 2.43. The van der Waals surface area contributed by atoms with Crippen molar-refractivity contribution in [2.24, 2.45) is 0 Å². The zero-order chi connectivity index (χ0) is 17.6. The number of hydroxylamine groups is 1. The minimum absolute atomic E-state index is 0.0895. The second-order valence-corrected chi connectivity index (χ2v) is 5.71. The molecule has 1 aromatic carbocycles. The van der Waals surface area contributed by atoms with Gasteiger partial charge in [0.2, 0.25) is 0 Å². The quantitative estimate of drug-likeness (QED) is 0.653. The van der Waals surface area contributed by atoms with E-state index in [1.807, 2.05) is 0 Å². The molecule has 0 aliphatic heterocycles. The molecule has 9 nitrogen and oxygen atoms in total.